The number of carbonyl (C=O) groups is 1. The zero-order valence-corrected chi connectivity index (χ0v) is 10.8. The summed E-state index contributed by atoms with van der Waals surface area (Å²) in [5.41, 5.74) is 0.841. The second kappa shape index (κ2) is 5.82. The van der Waals surface area contributed by atoms with Gasteiger partial charge < -0.3 is 0 Å². The number of benzene rings is 1. The standard InChI is InChI=1S/C13H13FN2OS/c1-16-8-13(7-15-16)18-9-12(17)6-10-2-4-11(14)5-3-10/h2-5,7-8H,6,9H2,1H3. The van der Waals surface area contributed by atoms with E-state index in [2.05, 4.69) is 5.10 Å². The molecule has 3 nitrogen and oxygen atoms in total. The molecule has 0 saturated heterocycles. The highest BCUT2D eigenvalue weighted by Crippen LogP contribution is 2.17. The first-order valence-corrected chi connectivity index (χ1v) is 6.49. The van der Waals surface area contributed by atoms with E-state index in [0.29, 0.717) is 12.2 Å². The summed E-state index contributed by atoms with van der Waals surface area (Å²) in [6, 6.07) is 6.03. The van der Waals surface area contributed by atoms with Gasteiger partial charge >= 0.3 is 0 Å². The van der Waals surface area contributed by atoms with Crippen LogP contribution < -0.4 is 0 Å². The molecule has 1 aromatic carbocycles. The van der Waals surface area contributed by atoms with Crippen molar-refractivity contribution in [1.29, 1.82) is 0 Å². The maximum absolute atomic E-state index is 12.7. The monoisotopic (exact) mass is 264 g/mol. The molecule has 0 atom stereocenters. The summed E-state index contributed by atoms with van der Waals surface area (Å²) >= 11 is 1.46. The van der Waals surface area contributed by atoms with Gasteiger partial charge in [-0.1, -0.05) is 12.1 Å². The second-order valence-corrected chi connectivity index (χ2v) is 5.03. The van der Waals surface area contributed by atoms with Gasteiger partial charge in [-0.2, -0.15) is 5.10 Å². The van der Waals surface area contributed by atoms with E-state index in [1.54, 1.807) is 23.0 Å². The molecule has 0 fully saturated rings. The van der Waals surface area contributed by atoms with Gasteiger partial charge in [-0.15, -0.1) is 11.8 Å². The summed E-state index contributed by atoms with van der Waals surface area (Å²) in [7, 11) is 1.84. The number of carbonyl (C=O) groups excluding carboxylic acids is 1. The van der Waals surface area contributed by atoms with Crippen LogP contribution in [0.3, 0.4) is 0 Å². The average Bonchev–Trinajstić information content (AvgIpc) is 2.76. The van der Waals surface area contributed by atoms with Crippen LogP contribution in [0, 0.1) is 5.82 Å². The highest BCUT2D eigenvalue weighted by atomic mass is 32.2. The molecular weight excluding hydrogens is 251 g/mol. The number of hydrogen-bond acceptors (Lipinski definition) is 3. The first-order chi connectivity index (χ1) is 8.63. The Balaban J connectivity index is 1.83. The lowest BCUT2D eigenvalue weighted by atomic mass is 10.1. The van der Waals surface area contributed by atoms with Crippen molar-refractivity contribution < 1.29 is 9.18 Å². The molecule has 1 aromatic heterocycles. The third kappa shape index (κ3) is 3.70. The highest BCUT2D eigenvalue weighted by Gasteiger charge is 2.06. The fraction of sp³-hybridized carbons (Fsp3) is 0.231. The normalized spacial score (nSPS) is 10.6. The third-order valence-electron chi connectivity index (χ3n) is 2.40. The van der Waals surface area contributed by atoms with Crippen molar-refractivity contribution in [1.82, 2.24) is 9.78 Å². The van der Waals surface area contributed by atoms with Crippen LogP contribution in [0.25, 0.3) is 0 Å². The largest absolute Gasteiger partial charge is 0.298 e. The average molecular weight is 264 g/mol. The minimum absolute atomic E-state index is 0.121. The Morgan fingerprint density at radius 3 is 2.72 bits per heavy atom. The Bertz CT molecular complexity index is 536. The van der Waals surface area contributed by atoms with Crippen LogP contribution in [0.1, 0.15) is 5.56 Å². The lowest BCUT2D eigenvalue weighted by Crippen LogP contribution is -2.05. The van der Waals surface area contributed by atoms with Crippen molar-refractivity contribution in [3.8, 4) is 0 Å². The molecule has 0 aliphatic heterocycles. The van der Waals surface area contributed by atoms with Crippen LogP contribution in [-0.2, 0) is 18.3 Å². The maximum atomic E-state index is 12.7. The van der Waals surface area contributed by atoms with Crippen molar-refractivity contribution >= 4 is 17.5 Å². The smallest absolute Gasteiger partial charge is 0.147 e. The molecule has 0 unspecified atom stereocenters. The van der Waals surface area contributed by atoms with E-state index >= 15 is 0 Å². The minimum atomic E-state index is -0.282. The molecular formula is C13H13FN2OS. The van der Waals surface area contributed by atoms with Gasteiger partial charge in [0.05, 0.1) is 11.9 Å². The predicted octanol–water partition coefficient (Wildman–Crippen LogP) is 2.46. The first-order valence-electron chi connectivity index (χ1n) is 5.51. The minimum Gasteiger partial charge on any atom is -0.298 e. The molecule has 94 valence electrons. The molecule has 18 heavy (non-hydrogen) atoms. The topological polar surface area (TPSA) is 34.9 Å². The summed E-state index contributed by atoms with van der Waals surface area (Å²) in [6.07, 6.45) is 3.94. The van der Waals surface area contributed by atoms with E-state index in [9.17, 15) is 9.18 Å². The highest BCUT2D eigenvalue weighted by molar-refractivity contribution is 8.00. The molecule has 0 aliphatic rings. The molecule has 0 spiro atoms. The number of aryl methyl sites for hydroxylation is 1. The Kier molecular flexibility index (Phi) is 4.15. The molecule has 0 aliphatic carbocycles. The lowest BCUT2D eigenvalue weighted by Gasteiger charge is -2.00. The number of hydrogen-bond donors (Lipinski definition) is 0. The van der Waals surface area contributed by atoms with Crippen molar-refractivity contribution in [2.24, 2.45) is 7.05 Å². The Labute approximate surface area is 109 Å². The number of ketones is 1. The van der Waals surface area contributed by atoms with Gasteiger partial charge in [-0.05, 0) is 17.7 Å². The number of rotatable bonds is 5. The van der Waals surface area contributed by atoms with Gasteiger partial charge in [0.1, 0.15) is 11.6 Å². The van der Waals surface area contributed by atoms with Crippen molar-refractivity contribution in [2.45, 2.75) is 11.3 Å². The zero-order chi connectivity index (χ0) is 13.0. The van der Waals surface area contributed by atoms with Gasteiger partial charge in [0, 0.05) is 24.6 Å². The number of nitrogens with zero attached hydrogens (tertiary/aromatic N) is 2. The Morgan fingerprint density at radius 1 is 1.39 bits per heavy atom. The molecule has 0 bridgehead atoms. The van der Waals surface area contributed by atoms with Gasteiger partial charge in [-0.3, -0.25) is 9.48 Å². The zero-order valence-electron chi connectivity index (χ0n) is 9.97. The third-order valence-corrected chi connectivity index (χ3v) is 3.41. The first kappa shape index (κ1) is 12.8. The lowest BCUT2D eigenvalue weighted by molar-refractivity contribution is -0.116. The predicted molar refractivity (Wildman–Crippen MR) is 69.0 cm³/mol. The van der Waals surface area contributed by atoms with Crippen LogP contribution in [0.4, 0.5) is 4.39 Å². The van der Waals surface area contributed by atoms with Gasteiger partial charge in [-0.25, -0.2) is 4.39 Å². The van der Waals surface area contributed by atoms with E-state index in [1.807, 2.05) is 13.2 Å². The quantitative estimate of drug-likeness (QED) is 0.778. The summed E-state index contributed by atoms with van der Waals surface area (Å²) in [4.78, 5) is 12.7. The summed E-state index contributed by atoms with van der Waals surface area (Å²) in [5.74, 6) is 0.245. The van der Waals surface area contributed by atoms with Gasteiger partial charge in [0.15, 0.2) is 0 Å². The maximum Gasteiger partial charge on any atom is 0.147 e. The van der Waals surface area contributed by atoms with Crippen LogP contribution >= 0.6 is 11.8 Å². The Morgan fingerprint density at radius 2 is 2.11 bits per heavy atom. The molecule has 5 heteroatoms. The number of halogens is 1. The van der Waals surface area contributed by atoms with E-state index in [1.165, 1.54) is 23.9 Å². The SMILES string of the molecule is Cn1cc(SCC(=O)Cc2ccc(F)cc2)cn1. The fourth-order valence-corrected chi connectivity index (χ4v) is 2.30. The Hall–Kier alpha value is -1.62. The molecule has 2 aromatic rings. The second-order valence-electron chi connectivity index (χ2n) is 3.98. The van der Waals surface area contributed by atoms with E-state index in [0.717, 1.165) is 10.5 Å². The molecule has 2 rings (SSSR count). The van der Waals surface area contributed by atoms with Crippen LogP contribution in [-0.4, -0.2) is 21.3 Å². The van der Waals surface area contributed by atoms with Gasteiger partial charge in [0.2, 0.25) is 0 Å². The van der Waals surface area contributed by atoms with Crippen LogP contribution in [0.2, 0.25) is 0 Å². The molecule has 0 N–H and O–H groups in total. The molecule has 1 heterocycles. The van der Waals surface area contributed by atoms with Crippen molar-refractivity contribution in [2.75, 3.05) is 5.75 Å². The van der Waals surface area contributed by atoms with E-state index in [4.69, 9.17) is 0 Å². The van der Waals surface area contributed by atoms with Crippen molar-refractivity contribution in [3.05, 3.63) is 48.0 Å². The number of thioether (sulfide) groups is 1. The summed E-state index contributed by atoms with van der Waals surface area (Å²) < 4.78 is 14.4. The molecule has 0 amide bonds. The van der Waals surface area contributed by atoms with E-state index in [-0.39, 0.29) is 11.6 Å². The van der Waals surface area contributed by atoms with Crippen LogP contribution in [0.15, 0.2) is 41.6 Å². The summed E-state index contributed by atoms with van der Waals surface area (Å²) in [5, 5.41) is 4.03. The van der Waals surface area contributed by atoms with Crippen LogP contribution in [0.5, 0.6) is 0 Å². The number of aromatic nitrogens is 2. The molecule has 0 radical (unpaired) electrons. The molecule has 0 saturated carbocycles. The van der Waals surface area contributed by atoms with Gasteiger partial charge in [0.25, 0.3) is 0 Å². The fourth-order valence-electron chi connectivity index (χ4n) is 1.52. The summed E-state index contributed by atoms with van der Waals surface area (Å²) in [6.45, 7) is 0. The van der Waals surface area contributed by atoms with Crippen molar-refractivity contribution in [3.63, 3.8) is 0 Å². The van der Waals surface area contributed by atoms with E-state index < -0.39 is 0 Å². The number of Topliss-reactive ketones (excluding diaryl/α,β-unsaturated/α-hetero) is 1.